The first kappa shape index (κ1) is 67.5. The van der Waals surface area contributed by atoms with E-state index >= 15 is 0 Å². The van der Waals surface area contributed by atoms with Crippen molar-refractivity contribution in [2.45, 2.75) is 289 Å². The summed E-state index contributed by atoms with van der Waals surface area (Å²) in [4.78, 5) is 36.9. The van der Waals surface area contributed by atoms with E-state index in [9.17, 15) is 19.5 Å². The second kappa shape index (κ2) is 52.8. The van der Waals surface area contributed by atoms with Gasteiger partial charge in [0.05, 0.1) is 40.3 Å². The summed E-state index contributed by atoms with van der Waals surface area (Å²) in [6.45, 7) is 4.68. The van der Waals surface area contributed by atoms with Crippen molar-refractivity contribution < 1.29 is 42.9 Å². The van der Waals surface area contributed by atoms with Crippen molar-refractivity contribution in [1.82, 2.24) is 0 Å². The van der Waals surface area contributed by atoms with Crippen LogP contribution in [-0.2, 0) is 33.3 Å². The van der Waals surface area contributed by atoms with Gasteiger partial charge >= 0.3 is 11.9 Å². The highest BCUT2D eigenvalue weighted by Crippen LogP contribution is 2.17. The summed E-state index contributed by atoms with van der Waals surface area (Å²) in [6.07, 6.45) is 61.3. The highest BCUT2D eigenvalue weighted by Gasteiger charge is 2.22. The Morgan fingerprint density at radius 1 is 0.429 bits per heavy atom. The van der Waals surface area contributed by atoms with Gasteiger partial charge in [0.2, 0.25) is 0 Å². The number of carbonyl (C=O) groups is 3. The first-order valence-electron chi connectivity index (χ1n) is 29.6. The van der Waals surface area contributed by atoms with E-state index in [1.807, 2.05) is 21.1 Å². The quantitative estimate of drug-likeness (QED) is 0.0195. The highest BCUT2D eigenvalue weighted by atomic mass is 16.7. The number of likely N-dealkylation sites (N-methyl/N-ethyl adjacent to an activating group) is 1. The molecular formula is C61H113NO8. The molecule has 2 unspecified atom stereocenters. The van der Waals surface area contributed by atoms with E-state index in [0.29, 0.717) is 17.4 Å². The predicted octanol–water partition coefficient (Wildman–Crippen LogP) is 16.0. The fourth-order valence-electron chi connectivity index (χ4n) is 8.55. The number of ether oxygens (including phenoxy) is 4. The molecule has 0 bridgehead atoms. The third-order valence-corrected chi connectivity index (χ3v) is 13.1. The zero-order chi connectivity index (χ0) is 51.3. The number of nitrogens with zero attached hydrogens (tertiary/aromatic N) is 1. The van der Waals surface area contributed by atoms with Crippen molar-refractivity contribution >= 4 is 17.9 Å². The van der Waals surface area contributed by atoms with Crippen molar-refractivity contribution in [3.05, 3.63) is 36.5 Å². The van der Waals surface area contributed by atoms with Crippen LogP contribution in [0.4, 0.5) is 0 Å². The second-order valence-corrected chi connectivity index (χ2v) is 21.3. The maximum atomic E-state index is 12.8. The summed E-state index contributed by atoms with van der Waals surface area (Å²) in [7, 11) is 5.91. The van der Waals surface area contributed by atoms with Gasteiger partial charge in [0, 0.05) is 12.8 Å². The molecule has 0 heterocycles. The molecule has 0 fully saturated rings. The van der Waals surface area contributed by atoms with Crippen LogP contribution in [0.3, 0.4) is 0 Å². The van der Waals surface area contributed by atoms with Gasteiger partial charge in [-0.05, 0) is 51.4 Å². The van der Waals surface area contributed by atoms with Crippen molar-refractivity contribution in [2.24, 2.45) is 0 Å². The Balaban J connectivity index is 3.80. The molecule has 0 aliphatic carbocycles. The lowest BCUT2D eigenvalue weighted by atomic mass is 10.0. The van der Waals surface area contributed by atoms with Gasteiger partial charge in [-0.1, -0.05) is 249 Å². The van der Waals surface area contributed by atoms with Crippen LogP contribution in [0.1, 0.15) is 277 Å². The summed E-state index contributed by atoms with van der Waals surface area (Å²) in [5, 5.41) is 11.7. The number of carboxylic acid groups (broad SMARTS) is 1. The van der Waals surface area contributed by atoms with Crippen LogP contribution in [0.5, 0.6) is 0 Å². The first-order valence-corrected chi connectivity index (χ1v) is 29.6. The zero-order valence-electron chi connectivity index (χ0n) is 46.7. The smallest absolute Gasteiger partial charge is 0.306 e. The van der Waals surface area contributed by atoms with Gasteiger partial charge in [-0.15, -0.1) is 0 Å². The molecule has 0 saturated heterocycles. The van der Waals surface area contributed by atoms with Crippen LogP contribution >= 0.6 is 0 Å². The molecule has 70 heavy (non-hydrogen) atoms. The van der Waals surface area contributed by atoms with Gasteiger partial charge < -0.3 is 33.3 Å². The lowest BCUT2D eigenvalue weighted by molar-refractivity contribution is -0.870. The molecule has 0 aromatic rings. The van der Waals surface area contributed by atoms with Gasteiger partial charge in [0.1, 0.15) is 13.2 Å². The van der Waals surface area contributed by atoms with Crippen molar-refractivity contribution in [3.8, 4) is 0 Å². The fourth-order valence-corrected chi connectivity index (χ4v) is 8.55. The van der Waals surface area contributed by atoms with E-state index in [1.165, 1.54) is 193 Å². The molecule has 0 rings (SSSR count). The monoisotopic (exact) mass is 988 g/mol. The number of allylic oxidation sites excluding steroid dienone is 6. The molecule has 410 valence electrons. The molecule has 2 atom stereocenters. The number of unbranched alkanes of at least 4 members (excludes halogenated alkanes) is 34. The van der Waals surface area contributed by atoms with Gasteiger partial charge in [-0.25, -0.2) is 0 Å². The fraction of sp³-hybridized carbons (Fsp3) is 0.852. The topological polar surface area (TPSA) is 111 Å². The maximum Gasteiger partial charge on any atom is 0.306 e. The average Bonchev–Trinajstić information content (AvgIpc) is 3.33. The molecule has 0 aromatic carbocycles. The number of carbonyl (C=O) groups excluding carboxylic acids is 3. The second-order valence-electron chi connectivity index (χ2n) is 21.3. The summed E-state index contributed by atoms with van der Waals surface area (Å²) in [5.41, 5.74) is 0. The normalized spacial score (nSPS) is 13.0. The van der Waals surface area contributed by atoms with E-state index in [2.05, 4.69) is 50.3 Å². The number of quaternary nitrogens is 1. The Morgan fingerprint density at radius 2 is 0.771 bits per heavy atom. The molecule has 0 saturated carbocycles. The Hall–Kier alpha value is -2.49. The molecular weight excluding hydrogens is 875 g/mol. The van der Waals surface area contributed by atoms with E-state index in [4.69, 9.17) is 18.9 Å². The van der Waals surface area contributed by atoms with Crippen LogP contribution in [0.25, 0.3) is 0 Å². The molecule has 0 aromatic heterocycles. The van der Waals surface area contributed by atoms with Crippen molar-refractivity contribution in [3.63, 3.8) is 0 Å². The minimum Gasteiger partial charge on any atom is -0.545 e. The van der Waals surface area contributed by atoms with E-state index in [0.717, 1.165) is 57.8 Å². The zero-order valence-corrected chi connectivity index (χ0v) is 46.7. The van der Waals surface area contributed by atoms with Crippen LogP contribution in [0, 0.1) is 0 Å². The van der Waals surface area contributed by atoms with Crippen LogP contribution in [0.15, 0.2) is 36.5 Å². The third-order valence-electron chi connectivity index (χ3n) is 13.1. The number of rotatable bonds is 55. The van der Waals surface area contributed by atoms with E-state index < -0.39 is 24.3 Å². The van der Waals surface area contributed by atoms with Crippen LogP contribution in [-0.4, -0.2) is 82.3 Å². The lowest BCUT2D eigenvalue weighted by Crippen LogP contribution is -2.44. The number of esters is 2. The molecule has 9 nitrogen and oxygen atoms in total. The maximum absolute atomic E-state index is 12.8. The molecule has 0 aliphatic heterocycles. The largest absolute Gasteiger partial charge is 0.545 e. The Labute approximate surface area is 432 Å². The van der Waals surface area contributed by atoms with Crippen LogP contribution < -0.4 is 5.11 Å². The van der Waals surface area contributed by atoms with Gasteiger partial charge in [0.15, 0.2) is 12.4 Å². The third kappa shape index (κ3) is 53.3. The van der Waals surface area contributed by atoms with Gasteiger partial charge in [-0.2, -0.15) is 0 Å². The highest BCUT2D eigenvalue weighted by molar-refractivity contribution is 5.70. The van der Waals surface area contributed by atoms with Crippen molar-refractivity contribution in [1.29, 1.82) is 0 Å². The Morgan fingerprint density at radius 3 is 1.14 bits per heavy atom. The van der Waals surface area contributed by atoms with E-state index in [1.54, 1.807) is 0 Å². The average molecular weight is 989 g/mol. The summed E-state index contributed by atoms with van der Waals surface area (Å²) in [5.74, 6) is -2.28. The number of hydrogen-bond donors (Lipinski definition) is 0. The molecule has 0 N–H and O–H groups in total. The minimum absolute atomic E-state index is 0.150. The van der Waals surface area contributed by atoms with E-state index in [-0.39, 0.29) is 32.2 Å². The van der Waals surface area contributed by atoms with Crippen molar-refractivity contribution in [2.75, 3.05) is 47.5 Å². The van der Waals surface area contributed by atoms with Gasteiger partial charge in [0.25, 0.3) is 0 Å². The van der Waals surface area contributed by atoms with Gasteiger partial charge in [-0.3, -0.25) is 9.59 Å². The molecule has 0 radical (unpaired) electrons. The standard InChI is InChI=1S/C61H113NO8/c1-6-8-10-12-14-15-16-17-18-19-20-21-22-23-24-25-26-27-28-29-30-31-32-33-34-35-36-37-38-39-40-41-42-43-44-45-46-48-50-52-59(64)70-57(55-68-58(63)51-49-47-13-11-9-7-2)56-69-61(60(65)66)67-54-53-62(3,4)5/h16-17,19-20,22-23,57,61H,6-15,18,21,24-56H2,1-5H3/b17-16-,20-19-,23-22-. The molecule has 0 spiro atoms. The first-order chi connectivity index (χ1) is 34.1. The molecule has 0 amide bonds. The SMILES string of the molecule is CCCCCCC/C=C\C/C=C\C/C=C\CCCCCCCCCCCCCCCCCCCCCCCCCCC(=O)OC(COC(=O)CCCCCCCC)COC(OCC[N+](C)(C)C)C(=O)[O-]. The number of hydrogen-bond acceptors (Lipinski definition) is 8. The summed E-state index contributed by atoms with van der Waals surface area (Å²) < 4.78 is 22.5. The minimum atomic E-state index is -1.61. The summed E-state index contributed by atoms with van der Waals surface area (Å²) >= 11 is 0. The Bertz CT molecular complexity index is 1240. The summed E-state index contributed by atoms with van der Waals surface area (Å²) in [6, 6.07) is 0. The number of aliphatic carboxylic acids is 1. The number of carboxylic acids is 1. The molecule has 9 heteroatoms. The van der Waals surface area contributed by atoms with Crippen LogP contribution in [0.2, 0.25) is 0 Å². The predicted molar refractivity (Wildman–Crippen MR) is 293 cm³/mol. The Kier molecular flexibility index (Phi) is 50.9. The lowest BCUT2D eigenvalue weighted by Gasteiger charge is -2.26. The molecule has 0 aliphatic rings.